The van der Waals surface area contributed by atoms with Crippen LogP contribution in [0.15, 0.2) is 0 Å². The summed E-state index contributed by atoms with van der Waals surface area (Å²) in [6, 6.07) is 0. The van der Waals surface area contributed by atoms with Gasteiger partial charge in [-0.15, -0.1) is 0 Å². The molecule has 0 bridgehead atoms. The Balaban J connectivity index is 4.30. The van der Waals surface area contributed by atoms with Gasteiger partial charge in [-0.2, -0.15) is 0 Å². The fraction of sp³-hybridized carbons (Fsp3) is 0.944. The summed E-state index contributed by atoms with van der Waals surface area (Å²) >= 11 is 0. The second-order valence-electron chi connectivity index (χ2n) is 19.5. The highest BCUT2D eigenvalue weighted by Gasteiger charge is 2.19. The summed E-state index contributed by atoms with van der Waals surface area (Å²) in [5.74, 6) is 0.810. The molecule has 0 fully saturated rings. The molecule has 0 aromatic carbocycles. The van der Waals surface area contributed by atoms with Crippen molar-refractivity contribution < 1.29 is 28.6 Å². The molecule has 1 atom stereocenters. The second kappa shape index (κ2) is 46.9. The first-order valence-corrected chi connectivity index (χ1v) is 26.7. The number of carbonyl (C=O) groups excluding carboxylic acids is 3. The average molecular weight is 849 g/mol. The first-order chi connectivity index (χ1) is 29.2. The smallest absolute Gasteiger partial charge is 0.306 e. The Bertz CT molecular complexity index is 916. The first-order valence-electron chi connectivity index (χ1n) is 26.7. The summed E-state index contributed by atoms with van der Waals surface area (Å²) in [5.41, 5.74) is 0. The summed E-state index contributed by atoms with van der Waals surface area (Å²) in [7, 11) is 0. The predicted molar refractivity (Wildman–Crippen MR) is 256 cm³/mol. The lowest BCUT2D eigenvalue weighted by molar-refractivity contribution is -0.167. The quantitative estimate of drug-likeness (QED) is 0.0345. The third-order valence-electron chi connectivity index (χ3n) is 12.2. The molecule has 0 aliphatic carbocycles. The van der Waals surface area contributed by atoms with Gasteiger partial charge in [0, 0.05) is 19.3 Å². The Hall–Kier alpha value is -1.59. The molecule has 0 radical (unpaired) electrons. The zero-order valence-corrected chi connectivity index (χ0v) is 41.1. The van der Waals surface area contributed by atoms with Gasteiger partial charge in [0.25, 0.3) is 0 Å². The van der Waals surface area contributed by atoms with Crippen molar-refractivity contribution in [3.63, 3.8) is 0 Å². The van der Waals surface area contributed by atoms with E-state index in [0.29, 0.717) is 19.3 Å². The van der Waals surface area contributed by atoms with Gasteiger partial charge in [0.05, 0.1) is 0 Å². The van der Waals surface area contributed by atoms with Gasteiger partial charge in [0.1, 0.15) is 13.2 Å². The zero-order chi connectivity index (χ0) is 44.0. The van der Waals surface area contributed by atoms with E-state index in [-0.39, 0.29) is 31.1 Å². The van der Waals surface area contributed by atoms with Gasteiger partial charge in [-0.1, -0.05) is 259 Å². The van der Waals surface area contributed by atoms with Gasteiger partial charge in [0.15, 0.2) is 6.10 Å². The molecule has 0 amide bonds. The van der Waals surface area contributed by atoms with Crippen LogP contribution in [-0.4, -0.2) is 37.2 Å². The van der Waals surface area contributed by atoms with Crippen LogP contribution in [0.2, 0.25) is 0 Å². The van der Waals surface area contributed by atoms with Crippen LogP contribution in [-0.2, 0) is 28.6 Å². The van der Waals surface area contributed by atoms with Gasteiger partial charge in [-0.3, -0.25) is 14.4 Å². The minimum atomic E-state index is -0.762. The van der Waals surface area contributed by atoms with E-state index in [9.17, 15) is 14.4 Å². The number of hydrogen-bond donors (Lipinski definition) is 0. The van der Waals surface area contributed by atoms with Gasteiger partial charge in [-0.05, 0) is 31.1 Å². The molecule has 0 saturated heterocycles. The molecule has 0 aliphatic rings. The van der Waals surface area contributed by atoms with Crippen molar-refractivity contribution >= 4 is 17.9 Å². The van der Waals surface area contributed by atoms with Crippen molar-refractivity contribution in [2.45, 2.75) is 304 Å². The van der Waals surface area contributed by atoms with E-state index in [2.05, 4.69) is 34.6 Å². The van der Waals surface area contributed by atoms with E-state index < -0.39 is 6.10 Å². The van der Waals surface area contributed by atoms with Crippen LogP contribution >= 0.6 is 0 Å². The van der Waals surface area contributed by atoms with E-state index >= 15 is 0 Å². The van der Waals surface area contributed by atoms with Crippen molar-refractivity contribution in [2.24, 2.45) is 11.8 Å². The minimum Gasteiger partial charge on any atom is -0.462 e. The molecule has 356 valence electrons. The van der Waals surface area contributed by atoms with Crippen molar-refractivity contribution in [1.29, 1.82) is 0 Å². The van der Waals surface area contributed by atoms with Crippen LogP contribution in [0.5, 0.6) is 0 Å². The van der Waals surface area contributed by atoms with Crippen molar-refractivity contribution in [1.82, 2.24) is 0 Å². The van der Waals surface area contributed by atoms with E-state index in [1.165, 1.54) is 186 Å². The Morgan fingerprint density at radius 2 is 0.550 bits per heavy atom. The Labute approximate surface area is 374 Å². The summed E-state index contributed by atoms with van der Waals surface area (Å²) in [4.78, 5) is 38.0. The maximum atomic E-state index is 12.8. The van der Waals surface area contributed by atoms with Gasteiger partial charge < -0.3 is 14.2 Å². The lowest BCUT2D eigenvalue weighted by atomic mass is 10.0. The van der Waals surface area contributed by atoms with Crippen LogP contribution in [0.4, 0.5) is 0 Å². The SMILES string of the molecule is CCCCCCCCCCCCCCCC(=O)OC[C@@H](COC(=O)CCCCCCCCCCCCCCCC(C)C)OC(=O)CCCCCCCCCCCCC(C)C. The molecule has 6 nitrogen and oxygen atoms in total. The standard InChI is InChI=1S/C54H104O6/c1-6-7-8-9-10-11-12-14-18-24-29-34-39-44-52(55)58-47-51(60-54(57)46-41-36-31-26-21-20-23-28-33-38-43-50(4)5)48-59-53(56)45-40-35-30-25-19-16-13-15-17-22-27-32-37-42-49(2)3/h49-51H,6-48H2,1-5H3/t51-/m0/s1. The van der Waals surface area contributed by atoms with Gasteiger partial charge >= 0.3 is 17.9 Å². The van der Waals surface area contributed by atoms with Crippen LogP contribution < -0.4 is 0 Å². The van der Waals surface area contributed by atoms with Crippen molar-refractivity contribution in [2.75, 3.05) is 13.2 Å². The molecule has 60 heavy (non-hydrogen) atoms. The number of unbranched alkanes of at least 4 members (excludes halogenated alkanes) is 33. The van der Waals surface area contributed by atoms with Crippen LogP contribution in [0.25, 0.3) is 0 Å². The number of carbonyl (C=O) groups is 3. The highest BCUT2D eigenvalue weighted by atomic mass is 16.6. The summed E-state index contributed by atoms with van der Waals surface area (Å²) in [6.07, 6.45) is 48.0. The normalized spacial score (nSPS) is 12.1. The Kier molecular flexibility index (Phi) is 45.7. The summed E-state index contributed by atoms with van der Waals surface area (Å²) < 4.78 is 16.8. The molecule has 0 unspecified atom stereocenters. The zero-order valence-electron chi connectivity index (χ0n) is 41.1. The fourth-order valence-electron chi connectivity index (χ4n) is 8.17. The maximum Gasteiger partial charge on any atom is 0.306 e. The molecule has 0 N–H and O–H groups in total. The molecule has 0 heterocycles. The molecule has 0 saturated carbocycles. The lowest BCUT2D eigenvalue weighted by Gasteiger charge is -2.18. The molecule has 0 aromatic rings. The van der Waals surface area contributed by atoms with Crippen LogP contribution in [0.3, 0.4) is 0 Å². The topological polar surface area (TPSA) is 78.9 Å². The maximum absolute atomic E-state index is 12.8. The number of hydrogen-bond acceptors (Lipinski definition) is 6. The summed E-state index contributed by atoms with van der Waals surface area (Å²) in [5, 5.41) is 0. The van der Waals surface area contributed by atoms with Crippen LogP contribution in [0.1, 0.15) is 298 Å². The van der Waals surface area contributed by atoms with E-state index in [1.54, 1.807) is 0 Å². The minimum absolute atomic E-state index is 0.0634. The lowest BCUT2D eigenvalue weighted by Crippen LogP contribution is -2.30. The first kappa shape index (κ1) is 58.4. The van der Waals surface area contributed by atoms with Gasteiger partial charge in [0.2, 0.25) is 0 Å². The molecule has 0 aromatic heterocycles. The molecular formula is C54H104O6. The van der Waals surface area contributed by atoms with Gasteiger partial charge in [-0.25, -0.2) is 0 Å². The van der Waals surface area contributed by atoms with E-state index in [4.69, 9.17) is 14.2 Å². The third-order valence-corrected chi connectivity index (χ3v) is 12.2. The van der Waals surface area contributed by atoms with E-state index in [1.807, 2.05) is 0 Å². The monoisotopic (exact) mass is 849 g/mol. The molecule has 0 spiro atoms. The largest absolute Gasteiger partial charge is 0.462 e. The fourth-order valence-corrected chi connectivity index (χ4v) is 8.17. The molecule has 6 heteroatoms. The third kappa shape index (κ3) is 47.5. The number of rotatable bonds is 48. The average Bonchev–Trinajstić information content (AvgIpc) is 3.22. The second-order valence-corrected chi connectivity index (χ2v) is 19.5. The van der Waals surface area contributed by atoms with Crippen molar-refractivity contribution in [3.05, 3.63) is 0 Å². The number of ether oxygens (including phenoxy) is 3. The highest BCUT2D eigenvalue weighted by molar-refractivity contribution is 5.71. The molecule has 0 aliphatic heterocycles. The highest BCUT2D eigenvalue weighted by Crippen LogP contribution is 2.17. The molecule has 0 rings (SSSR count). The number of esters is 3. The summed E-state index contributed by atoms with van der Waals surface area (Å²) in [6.45, 7) is 11.4. The Morgan fingerprint density at radius 1 is 0.317 bits per heavy atom. The van der Waals surface area contributed by atoms with Crippen molar-refractivity contribution in [3.8, 4) is 0 Å². The molecular weight excluding hydrogens is 745 g/mol. The Morgan fingerprint density at radius 3 is 0.817 bits per heavy atom. The van der Waals surface area contributed by atoms with Crippen LogP contribution in [0, 0.1) is 11.8 Å². The predicted octanol–water partition coefficient (Wildman–Crippen LogP) is 17.3. The van der Waals surface area contributed by atoms with E-state index in [0.717, 1.165) is 69.6 Å².